The highest BCUT2D eigenvalue weighted by Gasteiger charge is 2.27. The molecule has 0 unspecified atom stereocenters. The highest BCUT2D eigenvalue weighted by Crippen LogP contribution is 2.23. The number of furan rings is 1. The van der Waals surface area contributed by atoms with Gasteiger partial charge in [-0.15, -0.1) is 0 Å². The molecule has 0 saturated carbocycles. The van der Waals surface area contributed by atoms with Crippen molar-refractivity contribution >= 4 is 21.6 Å². The Morgan fingerprint density at radius 1 is 1.09 bits per heavy atom. The number of benzene rings is 2. The van der Waals surface area contributed by atoms with Gasteiger partial charge in [-0.3, -0.25) is 0 Å². The summed E-state index contributed by atoms with van der Waals surface area (Å²) in [6.07, 6.45) is 5.00. The van der Waals surface area contributed by atoms with E-state index in [2.05, 4.69) is 4.98 Å². The van der Waals surface area contributed by atoms with E-state index >= 15 is 0 Å². The van der Waals surface area contributed by atoms with Gasteiger partial charge in [0.1, 0.15) is 17.3 Å². The fourth-order valence-corrected chi connectivity index (χ4v) is 4.90. The minimum Gasteiger partial charge on any atom is -0.497 e. The number of aromatic nitrogens is 2. The van der Waals surface area contributed by atoms with Crippen LogP contribution in [-0.2, 0) is 29.7 Å². The molecule has 0 radical (unpaired) electrons. The average Bonchev–Trinajstić information content (AvgIpc) is 3.46. The maximum Gasteiger partial charge on any atom is 0.243 e. The minimum absolute atomic E-state index is 0.0721. The Morgan fingerprint density at radius 3 is 2.59 bits per heavy atom. The first-order chi connectivity index (χ1) is 15.5. The van der Waals surface area contributed by atoms with Crippen molar-refractivity contribution in [2.45, 2.75) is 24.5 Å². The molecule has 32 heavy (non-hydrogen) atoms. The van der Waals surface area contributed by atoms with Gasteiger partial charge in [-0.05, 0) is 54.1 Å². The predicted octanol–water partition coefficient (Wildman–Crippen LogP) is 4.58. The second-order valence-corrected chi connectivity index (χ2v) is 9.50. The molecule has 7 nitrogen and oxygen atoms in total. The van der Waals surface area contributed by atoms with Crippen LogP contribution in [0.5, 0.6) is 5.75 Å². The zero-order valence-electron chi connectivity index (χ0n) is 17.4. The first-order valence-electron chi connectivity index (χ1n) is 9.87. The zero-order valence-corrected chi connectivity index (χ0v) is 19.0. The van der Waals surface area contributed by atoms with Crippen molar-refractivity contribution in [2.24, 2.45) is 0 Å². The molecule has 0 fully saturated rings. The predicted molar refractivity (Wildman–Crippen MR) is 121 cm³/mol. The maximum atomic E-state index is 13.5. The second kappa shape index (κ2) is 9.60. The summed E-state index contributed by atoms with van der Waals surface area (Å²) in [5, 5.41) is 0.644. The van der Waals surface area contributed by atoms with Crippen molar-refractivity contribution in [3.63, 3.8) is 0 Å². The summed E-state index contributed by atoms with van der Waals surface area (Å²) >= 11 is 6.11. The second-order valence-electron chi connectivity index (χ2n) is 7.13. The Labute approximate surface area is 191 Å². The lowest BCUT2D eigenvalue weighted by Crippen LogP contribution is -2.31. The lowest BCUT2D eigenvalue weighted by atomic mass is 10.2. The van der Waals surface area contributed by atoms with Crippen LogP contribution in [0.2, 0.25) is 5.02 Å². The average molecular weight is 472 g/mol. The molecule has 0 bridgehead atoms. The van der Waals surface area contributed by atoms with E-state index in [0.717, 1.165) is 5.56 Å². The Hall–Kier alpha value is -3.07. The molecule has 0 spiro atoms. The molecule has 4 rings (SSSR count). The van der Waals surface area contributed by atoms with E-state index in [9.17, 15) is 8.42 Å². The first-order valence-corrected chi connectivity index (χ1v) is 11.7. The van der Waals surface area contributed by atoms with Gasteiger partial charge in [0.2, 0.25) is 10.0 Å². The van der Waals surface area contributed by atoms with E-state index in [4.69, 9.17) is 20.8 Å². The molecule has 0 aliphatic carbocycles. The van der Waals surface area contributed by atoms with E-state index in [0.29, 0.717) is 28.9 Å². The number of imidazole rings is 1. The van der Waals surface area contributed by atoms with Crippen molar-refractivity contribution in [3.8, 4) is 5.75 Å². The smallest absolute Gasteiger partial charge is 0.243 e. The van der Waals surface area contributed by atoms with Crippen LogP contribution >= 0.6 is 11.6 Å². The molecular weight excluding hydrogens is 450 g/mol. The molecule has 0 saturated heterocycles. The van der Waals surface area contributed by atoms with E-state index < -0.39 is 10.0 Å². The van der Waals surface area contributed by atoms with Crippen LogP contribution in [0.25, 0.3) is 0 Å². The molecule has 2 aromatic carbocycles. The van der Waals surface area contributed by atoms with Gasteiger partial charge in [0.25, 0.3) is 0 Å². The minimum atomic E-state index is -3.83. The summed E-state index contributed by atoms with van der Waals surface area (Å²) in [6, 6.07) is 17.3. The van der Waals surface area contributed by atoms with Gasteiger partial charge >= 0.3 is 0 Å². The van der Waals surface area contributed by atoms with Gasteiger partial charge in [-0.25, -0.2) is 13.4 Å². The molecular formula is C23H22ClN3O4S. The van der Waals surface area contributed by atoms with Gasteiger partial charge in [-0.1, -0.05) is 23.7 Å². The lowest BCUT2D eigenvalue weighted by molar-refractivity contribution is 0.348. The summed E-state index contributed by atoms with van der Waals surface area (Å²) in [4.78, 5) is 4.58. The number of hydrogen-bond acceptors (Lipinski definition) is 5. The molecule has 0 aliphatic heterocycles. The van der Waals surface area contributed by atoms with Gasteiger partial charge in [0, 0.05) is 24.0 Å². The van der Waals surface area contributed by atoms with E-state index in [-0.39, 0.29) is 18.0 Å². The van der Waals surface area contributed by atoms with Crippen molar-refractivity contribution in [2.75, 3.05) is 7.11 Å². The quantitative estimate of drug-likeness (QED) is 0.357. The first kappa shape index (κ1) is 22.1. The third-order valence-corrected chi connectivity index (χ3v) is 7.01. The van der Waals surface area contributed by atoms with Crippen LogP contribution in [0.4, 0.5) is 0 Å². The number of sulfonamides is 1. The van der Waals surface area contributed by atoms with Crippen molar-refractivity contribution in [1.29, 1.82) is 0 Å². The molecule has 0 atom stereocenters. The standard InChI is InChI=1S/C23H22ClN3O4S/c1-30-20-7-9-22(10-8-20)32(28,29)27(16-21-6-3-13-31-21)17-23-25-11-12-26(23)15-18-4-2-5-19(24)14-18/h2-14H,15-17H2,1H3. The van der Waals surface area contributed by atoms with Crippen molar-refractivity contribution in [3.05, 3.63) is 101 Å². The third-order valence-electron chi connectivity index (χ3n) is 4.97. The Balaban J connectivity index is 1.64. The number of nitrogens with zero attached hydrogens (tertiary/aromatic N) is 3. The van der Waals surface area contributed by atoms with Crippen LogP contribution in [0.3, 0.4) is 0 Å². The number of halogens is 1. The SMILES string of the molecule is COc1ccc(S(=O)(=O)N(Cc2ccco2)Cc2nccn2Cc2cccc(Cl)c2)cc1. The van der Waals surface area contributed by atoms with E-state index in [1.807, 2.05) is 35.0 Å². The molecule has 0 N–H and O–H groups in total. The fraction of sp³-hybridized carbons (Fsp3) is 0.174. The number of methoxy groups -OCH3 is 1. The fourth-order valence-electron chi connectivity index (χ4n) is 3.32. The third kappa shape index (κ3) is 5.04. The van der Waals surface area contributed by atoms with Crippen LogP contribution in [-0.4, -0.2) is 29.4 Å². The highest BCUT2D eigenvalue weighted by molar-refractivity contribution is 7.89. The molecule has 9 heteroatoms. The number of rotatable bonds is 9. The number of ether oxygens (including phenoxy) is 1. The zero-order chi connectivity index (χ0) is 22.6. The summed E-state index contributed by atoms with van der Waals surface area (Å²) < 4.78 is 40.8. The monoisotopic (exact) mass is 471 g/mol. The van der Waals surface area contributed by atoms with Gasteiger partial charge < -0.3 is 13.7 Å². The van der Waals surface area contributed by atoms with E-state index in [1.54, 1.807) is 30.5 Å². The van der Waals surface area contributed by atoms with Crippen LogP contribution in [0, 0.1) is 0 Å². The molecule has 166 valence electrons. The molecule has 0 amide bonds. The Morgan fingerprint density at radius 2 is 1.91 bits per heavy atom. The molecule has 2 aromatic heterocycles. The maximum absolute atomic E-state index is 13.5. The normalized spacial score (nSPS) is 11.7. The molecule has 2 heterocycles. The van der Waals surface area contributed by atoms with Crippen LogP contribution < -0.4 is 4.74 Å². The van der Waals surface area contributed by atoms with Crippen molar-refractivity contribution < 1.29 is 17.6 Å². The van der Waals surface area contributed by atoms with Gasteiger partial charge in [0.15, 0.2) is 0 Å². The number of hydrogen-bond donors (Lipinski definition) is 0. The summed E-state index contributed by atoms with van der Waals surface area (Å²) in [5.41, 5.74) is 0.993. The largest absolute Gasteiger partial charge is 0.497 e. The Bertz CT molecular complexity index is 1270. The highest BCUT2D eigenvalue weighted by atomic mass is 35.5. The van der Waals surface area contributed by atoms with Crippen LogP contribution in [0.1, 0.15) is 17.1 Å². The summed E-state index contributed by atoms with van der Waals surface area (Å²) in [5.74, 6) is 1.72. The Kier molecular flexibility index (Phi) is 6.64. The topological polar surface area (TPSA) is 77.6 Å². The van der Waals surface area contributed by atoms with Crippen LogP contribution in [0.15, 0.2) is 88.6 Å². The summed E-state index contributed by atoms with van der Waals surface area (Å²) in [6.45, 7) is 0.668. The van der Waals surface area contributed by atoms with Gasteiger partial charge in [0.05, 0.1) is 31.4 Å². The molecule has 0 aliphatic rings. The summed E-state index contributed by atoms with van der Waals surface area (Å²) in [7, 11) is -2.30. The lowest BCUT2D eigenvalue weighted by Gasteiger charge is -2.22. The van der Waals surface area contributed by atoms with Gasteiger partial charge in [-0.2, -0.15) is 4.31 Å². The van der Waals surface area contributed by atoms with E-state index in [1.165, 1.54) is 29.8 Å². The molecule has 4 aromatic rings. The van der Waals surface area contributed by atoms with Crippen molar-refractivity contribution in [1.82, 2.24) is 13.9 Å².